The van der Waals surface area contributed by atoms with E-state index in [1.807, 2.05) is 61.7 Å². The molecule has 2 aromatic heterocycles. The SMILES string of the molecule is COc1cc(C)c(-c2nc3ccccc3c(=O)n2N=Cc2cc(C)n(-c3ccc(F)cc3)c2C)cc1C(C)C. The minimum absolute atomic E-state index is 0.209. The van der Waals surface area contributed by atoms with Crippen molar-refractivity contribution in [1.29, 1.82) is 0 Å². The Labute approximate surface area is 227 Å². The molecule has 0 aliphatic carbocycles. The van der Waals surface area contributed by atoms with Gasteiger partial charge < -0.3 is 9.30 Å². The average molecular weight is 523 g/mol. The molecule has 0 amide bonds. The van der Waals surface area contributed by atoms with Gasteiger partial charge in [0, 0.05) is 28.2 Å². The van der Waals surface area contributed by atoms with Crippen LogP contribution in [0.5, 0.6) is 5.75 Å². The minimum atomic E-state index is -0.284. The normalized spacial score (nSPS) is 11.7. The zero-order chi connectivity index (χ0) is 27.8. The van der Waals surface area contributed by atoms with Gasteiger partial charge in [-0.25, -0.2) is 9.37 Å². The Kier molecular flexibility index (Phi) is 6.91. The van der Waals surface area contributed by atoms with Gasteiger partial charge in [0.2, 0.25) is 0 Å². The number of hydrogen-bond acceptors (Lipinski definition) is 4. The fraction of sp³-hybridized carbons (Fsp3) is 0.219. The Morgan fingerprint density at radius 1 is 1.00 bits per heavy atom. The molecule has 0 aliphatic heterocycles. The number of halogens is 1. The molecular weight excluding hydrogens is 491 g/mol. The van der Waals surface area contributed by atoms with E-state index in [4.69, 9.17) is 14.8 Å². The van der Waals surface area contributed by atoms with Crippen LogP contribution in [0, 0.1) is 26.6 Å². The first-order valence-electron chi connectivity index (χ1n) is 12.9. The van der Waals surface area contributed by atoms with Crippen molar-refractivity contribution >= 4 is 17.1 Å². The maximum Gasteiger partial charge on any atom is 0.282 e. The van der Waals surface area contributed by atoms with Gasteiger partial charge in [-0.3, -0.25) is 4.79 Å². The number of benzene rings is 3. The first-order chi connectivity index (χ1) is 18.7. The molecule has 0 radical (unpaired) electrons. The Hall–Kier alpha value is -4.52. The molecule has 2 heterocycles. The molecule has 39 heavy (non-hydrogen) atoms. The summed E-state index contributed by atoms with van der Waals surface area (Å²) in [4.78, 5) is 18.7. The molecule has 6 nitrogen and oxygen atoms in total. The number of fused-ring (bicyclic) bond motifs is 1. The van der Waals surface area contributed by atoms with Gasteiger partial charge >= 0.3 is 0 Å². The third kappa shape index (κ3) is 4.76. The third-order valence-electron chi connectivity index (χ3n) is 7.06. The number of nitrogens with zero attached hydrogens (tertiary/aromatic N) is 4. The third-order valence-corrected chi connectivity index (χ3v) is 7.06. The van der Waals surface area contributed by atoms with E-state index in [1.165, 1.54) is 16.8 Å². The monoisotopic (exact) mass is 522 g/mol. The van der Waals surface area contributed by atoms with E-state index in [1.54, 1.807) is 31.5 Å². The summed E-state index contributed by atoms with van der Waals surface area (Å²) in [6.45, 7) is 10.1. The van der Waals surface area contributed by atoms with E-state index in [2.05, 4.69) is 13.8 Å². The molecule has 7 heteroatoms. The Morgan fingerprint density at radius 3 is 2.41 bits per heavy atom. The van der Waals surface area contributed by atoms with Crippen molar-refractivity contribution in [2.24, 2.45) is 5.10 Å². The lowest BCUT2D eigenvalue weighted by Gasteiger charge is -2.17. The average Bonchev–Trinajstić information content (AvgIpc) is 3.20. The highest BCUT2D eigenvalue weighted by Gasteiger charge is 2.19. The summed E-state index contributed by atoms with van der Waals surface area (Å²) in [5.41, 5.74) is 6.72. The van der Waals surface area contributed by atoms with Crippen molar-refractivity contribution in [2.45, 2.75) is 40.5 Å². The van der Waals surface area contributed by atoms with Gasteiger partial charge in [-0.1, -0.05) is 26.0 Å². The molecule has 0 N–H and O–H groups in total. The first-order valence-corrected chi connectivity index (χ1v) is 12.9. The van der Waals surface area contributed by atoms with E-state index >= 15 is 0 Å². The largest absolute Gasteiger partial charge is 0.496 e. The predicted molar refractivity (Wildman–Crippen MR) is 155 cm³/mol. The van der Waals surface area contributed by atoms with Crippen LogP contribution in [0.25, 0.3) is 28.0 Å². The van der Waals surface area contributed by atoms with E-state index in [0.29, 0.717) is 16.7 Å². The van der Waals surface area contributed by atoms with Gasteiger partial charge in [-0.15, -0.1) is 0 Å². The van der Waals surface area contributed by atoms with Gasteiger partial charge in [0.15, 0.2) is 5.82 Å². The van der Waals surface area contributed by atoms with Gasteiger partial charge in [0.25, 0.3) is 5.56 Å². The van der Waals surface area contributed by atoms with E-state index in [9.17, 15) is 9.18 Å². The number of ether oxygens (including phenoxy) is 1. The summed E-state index contributed by atoms with van der Waals surface area (Å²) in [6, 6.07) is 19.7. The molecule has 0 saturated heterocycles. The summed E-state index contributed by atoms with van der Waals surface area (Å²) in [6.07, 6.45) is 1.69. The molecule has 5 rings (SSSR count). The van der Waals surface area contributed by atoms with Crippen LogP contribution in [0.1, 0.15) is 47.8 Å². The number of hydrogen-bond donors (Lipinski definition) is 0. The maximum atomic E-state index is 13.8. The highest BCUT2D eigenvalue weighted by molar-refractivity contribution is 5.84. The van der Waals surface area contributed by atoms with Crippen LogP contribution in [0.15, 0.2) is 76.6 Å². The Morgan fingerprint density at radius 2 is 1.72 bits per heavy atom. The lowest BCUT2D eigenvalue weighted by molar-refractivity contribution is 0.407. The predicted octanol–water partition coefficient (Wildman–Crippen LogP) is 6.93. The fourth-order valence-electron chi connectivity index (χ4n) is 5.00. The molecule has 0 saturated carbocycles. The summed E-state index contributed by atoms with van der Waals surface area (Å²) >= 11 is 0. The van der Waals surface area contributed by atoms with Crippen LogP contribution >= 0.6 is 0 Å². The summed E-state index contributed by atoms with van der Waals surface area (Å²) in [7, 11) is 1.66. The molecule has 0 fully saturated rings. The van der Waals surface area contributed by atoms with E-state index in [0.717, 1.165) is 45.1 Å². The van der Waals surface area contributed by atoms with Crippen LogP contribution in [-0.2, 0) is 0 Å². The second-order valence-corrected chi connectivity index (χ2v) is 10.0. The number of methoxy groups -OCH3 is 1. The zero-order valence-corrected chi connectivity index (χ0v) is 23.0. The second-order valence-electron chi connectivity index (χ2n) is 10.0. The van der Waals surface area contributed by atoms with Crippen molar-refractivity contribution in [2.75, 3.05) is 7.11 Å². The van der Waals surface area contributed by atoms with Crippen LogP contribution in [0.2, 0.25) is 0 Å². The van der Waals surface area contributed by atoms with Crippen LogP contribution < -0.4 is 10.3 Å². The topological polar surface area (TPSA) is 61.4 Å². The van der Waals surface area contributed by atoms with Crippen LogP contribution in [0.4, 0.5) is 4.39 Å². The molecule has 5 aromatic rings. The number of aromatic nitrogens is 3. The number of aryl methyl sites for hydroxylation is 2. The maximum absolute atomic E-state index is 13.8. The van der Waals surface area contributed by atoms with Crippen molar-refractivity contribution in [1.82, 2.24) is 14.2 Å². The van der Waals surface area contributed by atoms with Crippen LogP contribution in [0.3, 0.4) is 0 Å². The number of para-hydroxylation sites is 1. The van der Waals surface area contributed by atoms with Gasteiger partial charge in [-0.2, -0.15) is 9.78 Å². The standard InChI is InChI=1S/C32H31FN4O2/c1-19(2)27-17-28(20(3)15-30(27)39-6)31-35-29-10-8-7-9-26(29)32(38)37(31)34-18-23-16-21(4)36(22(23)5)25-13-11-24(33)12-14-25/h7-19H,1-6H3. The van der Waals surface area contributed by atoms with Gasteiger partial charge in [0.1, 0.15) is 11.6 Å². The molecule has 0 spiro atoms. The summed E-state index contributed by atoms with van der Waals surface area (Å²) in [5.74, 6) is 1.19. The van der Waals surface area contributed by atoms with Crippen molar-refractivity contribution in [3.8, 4) is 22.8 Å². The second kappa shape index (κ2) is 10.3. The summed E-state index contributed by atoms with van der Waals surface area (Å²) in [5, 5.41) is 5.19. The highest BCUT2D eigenvalue weighted by atomic mass is 19.1. The quantitative estimate of drug-likeness (QED) is 0.227. The first kappa shape index (κ1) is 26.1. The molecule has 0 atom stereocenters. The van der Waals surface area contributed by atoms with Gasteiger partial charge in [-0.05, 0) is 92.4 Å². The highest BCUT2D eigenvalue weighted by Crippen LogP contribution is 2.34. The van der Waals surface area contributed by atoms with Crippen molar-refractivity contribution in [3.63, 3.8) is 0 Å². The smallest absolute Gasteiger partial charge is 0.282 e. The Balaban J connectivity index is 1.70. The summed E-state index contributed by atoms with van der Waals surface area (Å²) < 4.78 is 22.6. The Bertz CT molecular complexity index is 1780. The number of rotatable bonds is 6. The van der Waals surface area contributed by atoms with Crippen molar-refractivity contribution in [3.05, 3.63) is 111 Å². The van der Waals surface area contributed by atoms with Crippen LogP contribution in [-0.4, -0.2) is 27.6 Å². The zero-order valence-electron chi connectivity index (χ0n) is 23.0. The van der Waals surface area contributed by atoms with E-state index in [-0.39, 0.29) is 17.3 Å². The van der Waals surface area contributed by atoms with Crippen molar-refractivity contribution < 1.29 is 9.13 Å². The molecule has 198 valence electrons. The molecule has 0 bridgehead atoms. The lowest BCUT2D eigenvalue weighted by Crippen LogP contribution is -2.21. The molecule has 0 aliphatic rings. The van der Waals surface area contributed by atoms with E-state index < -0.39 is 0 Å². The molecule has 0 unspecified atom stereocenters. The fourth-order valence-corrected chi connectivity index (χ4v) is 5.00. The molecular formula is C32H31FN4O2. The molecule has 3 aromatic carbocycles. The van der Waals surface area contributed by atoms with Gasteiger partial charge in [0.05, 0.1) is 24.2 Å². The lowest BCUT2D eigenvalue weighted by atomic mass is 9.96. The minimum Gasteiger partial charge on any atom is -0.496 e.